The van der Waals surface area contributed by atoms with E-state index < -0.39 is 0 Å². The zero-order chi connectivity index (χ0) is 10.5. The second-order valence-electron chi connectivity index (χ2n) is 4.39. The summed E-state index contributed by atoms with van der Waals surface area (Å²) in [6.45, 7) is 2.94. The molecule has 4 nitrogen and oxygen atoms in total. The molecule has 0 aliphatic carbocycles. The number of rotatable bonds is 3. The molecule has 2 rings (SSSR count). The van der Waals surface area contributed by atoms with Gasteiger partial charge >= 0.3 is 0 Å². The quantitative estimate of drug-likeness (QED) is 0.752. The lowest BCUT2D eigenvalue weighted by molar-refractivity contribution is -0.104. The molecule has 2 aliphatic rings. The standard InChI is InChI=1S/C11H21NO3/c12-10-4-6-13-8-11(10)15-7-9-3-1-2-5-14-9/h9-11H,1-8,12H2/t9-,10-,11-/m1/s1. The van der Waals surface area contributed by atoms with Crippen LogP contribution in [0.5, 0.6) is 0 Å². The summed E-state index contributed by atoms with van der Waals surface area (Å²) in [5.74, 6) is 0. The molecule has 15 heavy (non-hydrogen) atoms. The fraction of sp³-hybridized carbons (Fsp3) is 1.00. The lowest BCUT2D eigenvalue weighted by Crippen LogP contribution is -2.45. The Labute approximate surface area is 91.1 Å². The predicted molar refractivity (Wildman–Crippen MR) is 56.7 cm³/mol. The van der Waals surface area contributed by atoms with Crippen LogP contribution in [0.15, 0.2) is 0 Å². The SMILES string of the molecule is N[C@@H]1CCOC[C@H]1OC[C@H]1CCCCO1. The van der Waals surface area contributed by atoms with Gasteiger partial charge in [-0.15, -0.1) is 0 Å². The van der Waals surface area contributed by atoms with Crippen molar-refractivity contribution in [2.75, 3.05) is 26.4 Å². The number of hydrogen-bond acceptors (Lipinski definition) is 4. The highest BCUT2D eigenvalue weighted by atomic mass is 16.6. The van der Waals surface area contributed by atoms with E-state index in [0.717, 1.165) is 26.1 Å². The third kappa shape index (κ3) is 3.41. The van der Waals surface area contributed by atoms with Crippen molar-refractivity contribution in [3.63, 3.8) is 0 Å². The van der Waals surface area contributed by atoms with Crippen molar-refractivity contribution in [3.05, 3.63) is 0 Å². The molecule has 2 fully saturated rings. The lowest BCUT2D eigenvalue weighted by atomic mass is 10.1. The fourth-order valence-electron chi connectivity index (χ4n) is 2.07. The number of hydrogen-bond donors (Lipinski definition) is 1. The Bertz CT molecular complexity index is 183. The molecule has 0 unspecified atom stereocenters. The molecule has 4 heteroatoms. The molecule has 0 saturated carbocycles. The number of ether oxygens (including phenoxy) is 3. The normalized spacial score (nSPS) is 37.8. The minimum absolute atomic E-state index is 0.0595. The van der Waals surface area contributed by atoms with Crippen molar-refractivity contribution in [1.82, 2.24) is 0 Å². The Morgan fingerprint density at radius 3 is 2.87 bits per heavy atom. The van der Waals surface area contributed by atoms with Gasteiger partial charge in [0, 0.05) is 19.3 Å². The molecule has 2 aliphatic heterocycles. The van der Waals surface area contributed by atoms with Crippen molar-refractivity contribution >= 4 is 0 Å². The van der Waals surface area contributed by atoms with Gasteiger partial charge in [0.1, 0.15) is 0 Å². The Balaban J connectivity index is 1.67. The zero-order valence-corrected chi connectivity index (χ0v) is 9.19. The van der Waals surface area contributed by atoms with E-state index in [1.165, 1.54) is 12.8 Å². The Morgan fingerprint density at radius 1 is 1.20 bits per heavy atom. The highest BCUT2D eigenvalue weighted by Gasteiger charge is 2.24. The molecule has 2 N–H and O–H groups in total. The first kappa shape index (κ1) is 11.3. The molecule has 2 saturated heterocycles. The molecule has 3 atom stereocenters. The summed E-state index contributed by atoms with van der Waals surface area (Å²) >= 11 is 0. The van der Waals surface area contributed by atoms with Crippen LogP contribution >= 0.6 is 0 Å². The first-order valence-corrected chi connectivity index (χ1v) is 5.93. The van der Waals surface area contributed by atoms with Gasteiger partial charge in [0.15, 0.2) is 0 Å². The van der Waals surface area contributed by atoms with Crippen LogP contribution in [-0.2, 0) is 14.2 Å². The summed E-state index contributed by atoms with van der Waals surface area (Å²) in [7, 11) is 0. The summed E-state index contributed by atoms with van der Waals surface area (Å²) in [4.78, 5) is 0. The van der Waals surface area contributed by atoms with Crippen molar-refractivity contribution in [2.45, 2.75) is 43.9 Å². The summed E-state index contributed by atoms with van der Waals surface area (Å²) in [6.07, 6.45) is 4.78. The maximum atomic E-state index is 5.95. The summed E-state index contributed by atoms with van der Waals surface area (Å²) < 4.78 is 16.7. The highest BCUT2D eigenvalue weighted by Crippen LogP contribution is 2.15. The van der Waals surface area contributed by atoms with Crippen molar-refractivity contribution in [3.8, 4) is 0 Å². The Kier molecular flexibility index (Phi) is 4.38. The number of nitrogens with two attached hydrogens (primary N) is 1. The van der Waals surface area contributed by atoms with Crippen LogP contribution in [0.2, 0.25) is 0 Å². The maximum absolute atomic E-state index is 5.95. The highest BCUT2D eigenvalue weighted by molar-refractivity contribution is 4.77. The topological polar surface area (TPSA) is 53.7 Å². The van der Waals surface area contributed by atoms with Gasteiger partial charge in [0.25, 0.3) is 0 Å². The molecular formula is C11H21NO3. The average molecular weight is 215 g/mol. The van der Waals surface area contributed by atoms with E-state index in [1.807, 2.05) is 0 Å². The second kappa shape index (κ2) is 5.80. The van der Waals surface area contributed by atoms with E-state index in [1.54, 1.807) is 0 Å². The van der Waals surface area contributed by atoms with E-state index in [0.29, 0.717) is 13.2 Å². The minimum Gasteiger partial charge on any atom is -0.379 e. The van der Waals surface area contributed by atoms with Crippen LogP contribution in [0.3, 0.4) is 0 Å². The van der Waals surface area contributed by atoms with Gasteiger partial charge in [-0.05, 0) is 25.7 Å². The molecule has 0 aromatic rings. The molecule has 0 radical (unpaired) electrons. The van der Waals surface area contributed by atoms with Gasteiger partial charge in [-0.1, -0.05) is 0 Å². The monoisotopic (exact) mass is 215 g/mol. The van der Waals surface area contributed by atoms with Crippen LogP contribution in [0.1, 0.15) is 25.7 Å². The zero-order valence-electron chi connectivity index (χ0n) is 9.19. The molecule has 0 aromatic heterocycles. The van der Waals surface area contributed by atoms with Crippen LogP contribution in [0, 0.1) is 0 Å². The van der Waals surface area contributed by atoms with Crippen LogP contribution in [-0.4, -0.2) is 44.7 Å². The molecule has 0 spiro atoms. The van der Waals surface area contributed by atoms with Gasteiger partial charge in [-0.25, -0.2) is 0 Å². The second-order valence-corrected chi connectivity index (χ2v) is 4.39. The van der Waals surface area contributed by atoms with E-state index >= 15 is 0 Å². The average Bonchev–Trinajstić information content (AvgIpc) is 2.29. The van der Waals surface area contributed by atoms with Gasteiger partial charge in [0.05, 0.1) is 25.4 Å². The summed E-state index contributed by atoms with van der Waals surface area (Å²) in [6, 6.07) is 0.127. The van der Waals surface area contributed by atoms with Gasteiger partial charge in [-0.3, -0.25) is 0 Å². The predicted octanol–water partition coefficient (Wildman–Crippen LogP) is 0.688. The van der Waals surface area contributed by atoms with Gasteiger partial charge in [-0.2, -0.15) is 0 Å². The third-order valence-corrected chi connectivity index (χ3v) is 3.13. The van der Waals surface area contributed by atoms with Crippen LogP contribution < -0.4 is 5.73 Å². The van der Waals surface area contributed by atoms with Gasteiger partial charge in [0.2, 0.25) is 0 Å². The lowest BCUT2D eigenvalue weighted by Gasteiger charge is -2.31. The minimum atomic E-state index is 0.0595. The first-order valence-electron chi connectivity index (χ1n) is 5.93. The van der Waals surface area contributed by atoms with E-state index in [4.69, 9.17) is 19.9 Å². The van der Waals surface area contributed by atoms with Crippen molar-refractivity contribution in [1.29, 1.82) is 0 Å². The third-order valence-electron chi connectivity index (χ3n) is 3.13. The van der Waals surface area contributed by atoms with Crippen LogP contribution in [0.4, 0.5) is 0 Å². The Morgan fingerprint density at radius 2 is 2.13 bits per heavy atom. The van der Waals surface area contributed by atoms with E-state index in [2.05, 4.69) is 0 Å². The molecule has 88 valence electrons. The molecule has 0 aromatic carbocycles. The Hall–Kier alpha value is -0.160. The first-order chi connectivity index (χ1) is 7.36. The summed E-state index contributed by atoms with van der Waals surface area (Å²) in [5, 5.41) is 0. The molecule has 0 bridgehead atoms. The molecular weight excluding hydrogens is 194 g/mol. The van der Waals surface area contributed by atoms with E-state index in [9.17, 15) is 0 Å². The summed E-state index contributed by atoms with van der Waals surface area (Å²) in [5.41, 5.74) is 5.95. The van der Waals surface area contributed by atoms with Crippen LogP contribution in [0.25, 0.3) is 0 Å². The molecule has 0 amide bonds. The smallest absolute Gasteiger partial charge is 0.0960 e. The fourth-order valence-corrected chi connectivity index (χ4v) is 2.07. The van der Waals surface area contributed by atoms with E-state index in [-0.39, 0.29) is 18.2 Å². The largest absolute Gasteiger partial charge is 0.379 e. The van der Waals surface area contributed by atoms with Crippen molar-refractivity contribution < 1.29 is 14.2 Å². The van der Waals surface area contributed by atoms with Crippen molar-refractivity contribution in [2.24, 2.45) is 5.73 Å². The van der Waals surface area contributed by atoms with Gasteiger partial charge < -0.3 is 19.9 Å². The molecule has 2 heterocycles. The maximum Gasteiger partial charge on any atom is 0.0960 e.